The first kappa shape index (κ1) is 14.3. The summed E-state index contributed by atoms with van der Waals surface area (Å²) in [6.45, 7) is 8.19. The molecular weight excluding hydrogens is 264 g/mol. The summed E-state index contributed by atoms with van der Waals surface area (Å²) >= 11 is 7.62. The third-order valence-electron chi connectivity index (χ3n) is 3.97. The number of thiazole rings is 1. The molecule has 102 valence electrons. The number of aromatic nitrogens is 1. The Hall–Kier alpha value is -0.120. The molecule has 0 N–H and O–H groups in total. The standard InChI is InChI=1S/C14H23ClN2S/c1-4-13(14-16-12(8-15)9-18-14)17-6-5-10(2)7-11(17)3/h9-11,13H,4-8H2,1-3H3. The molecule has 0 aromatic carbocycles. The van der Waals surface area contributed by atoms with Gasteiger partial charge in [0.15, 0.2) is 0 Å². The van der Waals surface area contributed by atoms with E-state index < -0.39 is 0 Å². The Labute approximate surface area is 119 Å². The molecule has 1 aromatic rings. The zero-order valence-electron chi connectivity index (χ0n) is 11.5. The van der Waals surface area contributed by atoms with E-state index in [2.05, 4.69) is 36.0 Å². The summed E-state index contributed by atoms with van der Waals surface area (Å²) in [5.74, 6) is 1.39. The third kappa shape index (κ3) is 3.06. The van der Waals surface area contributed by atoms with Crippen molar-refractivity contribution in [2.45, 2.75) is 58.0 Å². The van der Waals surface area contributed by atoms with Crippen molar-refractivity contribution in [3.63, 3.8) is 0 Å². The molecule has 0 aliphatic carbocycles. The van der Waals surface area contributed by atoms with Gasteiger partial charge in [-0.25, -0.2) is 4.98 Å². The van der Waals surface area contributed by atoms with Crippen LogP contribution in [-0.2, 0) is 5.88 Å². The molecule has 1 aliphatic heterocycles. The Balaban J connectivity index is 2.12. The minimum Gasteiger partial charge on any atom is -0.291 e. The molecule has 0 radical (unpaired) electrons. The van der Waals surface area contributed by atoms with Crippen molar-refractivity contribution in [1.29, 1.82) is 0 Å². The van der Waals surface area contributed by atoms with Crippen LogP contribution in [0, 0.1) is 5.92 Å². The van der Waals surface area contributed by atoms with Crippen LogP contribution >= 0.6 is 22.9 Å². The molecule has 0 spiro atoms. The van der Waals surface area contributed by atoms with Crippen LogP contribution in [0.25, 0.3) is 0 Å². The maximum absolute atomic E-state index is 5.85. The minimum absolute atomic E-state index is 0.481. The van der Waals surface area contributed by atoms with E-state index in [1.165, 1.54) is 24.4 Å². The summed E-state index contributed by atoms with van der Waals surface area (Å²) in [5.41, 5.74) is 1.02. The van der Waals surface area contributed by atoms with Crippen molar-refractivity contribution in [2.24, 2.45) is 5.92 Å². The Kier molecular flexibility index (Phi) is 5.05. The van der Waals surface area contributed by atoms with Gasteiger partial charge in [-0.3, -0.25) is 4.90 Å². The number of halogens is 1. The van der Waals surface area contributed by atoms with Gasteiger partial charge in [-0.15, -0.1) is 22.9 Å². The van der Waals surface area contributed by atoms with Gasteiger partial charge in [-0.1, -0.05) is 13.8 Å². The zero-order chi connectivity index (χ0) is 13.1. The normalized spacial score (nSPS) is 27.3. The number of hydrogen-bond acceptors (Lipinski definition) is 3. The fourth-order valence-corrected chi connectivity index (χ4v) is 4.23. The maximum Gasteiger partial charge on any atom is 0.110 e. The van der Waals surface area contributed by atoms with Crippen molar-refractivity contribution in [3.05, 3.63) is 16.1 Å². The average Bonchev–Trinajstić information content (AvgIpc) is 2.81. The monoisotopic (exact) mass is 286 g/mol. The molecule has 1 aliphatic rings. The quantitative estimate of drug-likeness (QED) is 0.760. The second-order valence-electron chi connectivity index (χ2n) is 5.45. The molecular formula is C14H23ClN2S. The lowest BCUT2D eigenvalue weighted by atomic mass is 9.92. The molecule has 2 nitrogen and oxygen atoms in total. The second-order valence-corrected chi connectivity index (χ2v) is 6.61. The topological polar surface area (TPSA) is 16.1 Å². The number of piperidine rings is 1. The molecule has 0 amide bonds. The third-order valence-corrected chi connectivity index (χ3v) is 5.24. The van der Waals surface area contributed by atoms with Crippen molar-refractivity contribution in [2.75, 3.05) is 6.54 Å². The van der Waals surface area contributed by atoms with E-state index in [1.807, 2.05) is 0 Å². The smallest absolute Gasteiger partial charge is 0.110 e. The molecule has 3 atom stereocenters. The van der Waals surface area contributed by atoms with Gasteiger partial charge in [-0.05, 0) is 38.6 Å². The van der Waals surface area contributed by atoms with Gasteiger partial charge in [0.05, 0.1) is 17.6 Å². The van der Waals surface area contributed by atoms with Crippen molar-refractivity contribution in [3.8, 4) is 0 Å². The molecule has 0 bridgehead atoms. The Bertz CT molecular complexity index is 380. The van der Waals surface area contributed by atoms with Gasteiger partial charge < -0.3 is 0 Å². The maximum atomic E-state index is 5.85. The first-order chi connectivity index (χ1) is 8.65. The van der Waals surface area contributed by atoms with Gasteiger partial charge in [0, 0.05) is 11.4 Å². The number of alkyl halides is 1. The molecule has 2 heterocycles. The molecule has 0 saturated carbocycles. The highest BCUT2D eigenvalue weighted by molar-refractivity contribution is 7.09. The van der Waals surface area contributed by atoms with E-state index in [4.69, 9.17) is 11.6 Å². The SMILES string of the molecule is CCC(c1nc(CCl)cs1)N1CCC(C)CC1C. The van der Waals surface area contributed by atoms with Crippen molar-refractivity contribution >= 4 is 22.9 Å². The van der Waals surface area contributed by atoms with Crippen LogP contribution < -0.4 is 0 Å². The van der Waals surface area contributed by atoms with E-state index in [0.29, 0.717) is 18.0 Å². The Morgan fingerprint density at radius 3 is 2.89 bits per heavy atom. The number of nitrogens with zero attached hydrogens (tertiary/aromatic N) is 2. The Morgan fingerprint density at radius 2 is 2.33 bits per heavy atom. The Morgan fingerprint density at radius 1 is 1.56 bits per heavy atom. The van der Waals surface area contributed by atoms with Gasteiger partial charge >= 0.3 is 0 Å². The summed E-state index contributed by atoms with van der Waals surface area (Å²) in [6.07, 6.45) is 3.76. The average molecular weight is 287 g/mol. The van der Waals surface area contributed by atoms with Gasteiger partial charge in [0.1, 0.15) is 5.01 Å². The molecule has 18 heavy (non-hydrogen) atoms. The summed E-state index contributed by atoms with van der Waals surface area (Å²) < 4.78 is 0. The highest BCUT2D eigenvalue weighted by Crippen LogP contribution is 2.34. The molecule has 4 heteroatoms. The fourth-order valence-electron chi connectivity index (χ4n) is 2.98. The highest BCUT2D eigenvalue weighted by atomic mass is 35.5. The number of rotatable bonds is 4. The van der Waals surface area contributed by atoms with Gasteiger partial charge in [0.2, 0.25) is 0 Å². The zero-order valence-corrected chi connectivity index (χ0v) is 13.1. The van der Waals surface area contributed by atoms with Crippen LogP contribution in [0.1, 0.15) is 56.8 Å². The van der Waals surface area contributed by atoms with E-state index in [0.717, 1.165) is 18.0 Å². The predicted molar refractivity (Wildman–Crippen MR) is 79.3 cm³/mol. The second kappa shape index (κ2) is 6.36. The van der Waals surface area contributed by atoms with Gasteiger partial charge in [0.25, 0.3) is 0 Å². The van der Waals surface area contributed by atoms with E-state index >= 15 is 0 Å². The van der Waals surface area contributed by atoms with E-state index in [9.17, 15) is 0 Å². The van der Waals surface area contributed by atoms with Crippen LogP contribution in [0.2, 0.25) is 0 Å². The summed E-state index contributed by atoms with van der Waals surface area (Å²) in [7, 11) is 0. The lowest BCUT2D eigenvalue weighted by Crippen LogP contribution is -2.42. The first-order valence-corrected chi connectivity index (χ1v) is 8.33. The van der Waals surface area contributed by atoms with Crippen LogP contribution in [0.4, 0.5) is 0 Å². The molecule has 1 aromatic heterocycles. The fraction of sp³-hybridized carbons (Fsp3) is 0.786. The van der Waals surface area contributed by atoms with Crippen LogP contribution in [0.3, 0.4) is 0 Å². The summed E-state index contributed by atoms with van der Waals surface area (Å²) in [5, 5.41) is 3.34. The van der Waals surface area contributed by atoms with E-state index in [-0.39, 0.29) is 0 Å². The first-order valence-electron chi connectivity index (χ1n) is 6.91. The lowest BCUT2D eigenvalue weighted by molar-refractivity contribution is 0.0789. The van der Waals surface area contributed by atoms with Crippen molar-refractivity contribution < 1.29 is 0 Å². The summed E-state index contributed by atoms with van der Waals surface area (Å²) in [6, 6.07) is 1.15. The largest absolute Gasteiger partial charge is 0.291 e. The number of hydrogen-bond donors (Lipinski definition) is 0. The van der Waals surface area contributed by atoms with E-state index in [1.54, 1.807) is 11.3 Å². The minimum atomic E-state index is 0.481. The summed E-state index contributed by atoms with van der Waals surface area (Å²) in [4.78, 5) is 7.31. The molecule has 1 fully saturated rings. The van der Waals surface area contributed by atoms with Gasteiger partial charge in [-0.2, -0.15) is 0 Å². The molecule has 1 saturated heterocycles. The van der Waals surface area contributed by atoms with Crippen molar-refractivity contribution in [1.82, 2.24) is 9.88 Å². The molecule has 3 unspecified atom stereocenters. The highest BCUT2D eigenvalue weighted by Gasteiger charge is 2.30. The van der Waals surface area contributed by atoms with Crippen LogP contribution in [-0.4, -0.2) is 22.5 Å². The van der Waals surface area contributed by atoms with Crippen LogP contribution in [0.15, 0.2) is 5.38 Å². The molecule has 2 rings (SSSR count). The number of likely N-dealkylation sites (tertiary alicyclic amines) is 1. The lowest BCUT2D eigenvalue weighted by Gasteiger charge is -2.40. The van der Waals surface area contributed by atoms with Crippen LogP contribution in [0.5, 0.6) is 0 Å². The predicted octanol–water partition coefficient (Wildman–Crippen LogP) is 4.45.